The first-order chi connectivity index (χ1) is 7.90. The van der Waals surface area contributed by atoms with E-state index in [-0.39, 0.29) is 6.10 Å². The molecule has 88 valence electrons. The van der Waals surface area contributed by atoms with Crippen LogP contribution in [-0.2, 0) is 4.74 Å². The van der Waals surface area contributed by atoms with Crippen molar-refractivity contribution in [2.75, 3.05) is 33.4 Å². The van der Waals surface area contributed by atoms with Crippen LogP contribution >= 0.6 is 0 Å². The first-order valence-electron chi connectivity index (χ1n) is 5.48. The van der Waals surface area contributed by atoms with E-state index in [0.29, 0.717) is 6.61 Å². The van der Waals surface area contributed by atoms with Gasteiger partial charge in [0.1, 0.15) is 12.7 Å². The van der Waals surface area contributed by atoms with Gasteiger partial charge in [-0.3, -0.25) is 0 Å². The molecule has 1 saturated heterocycles. The standard InChI is InChI=1S/C12H17NO3/c1-14-11-4-2-3-5-12(11)16-9-10-8-13-6-7-15-10/h2-5,10,13H,6-9H2,1H3. The van der Waals surface area contributed by atoms with Crippen molar-refractivity contribution in [3.8, 4) is 11.5 Å². The second-order valence-corrected chi connectivity index (χ2v) is 3.66. The Balaban J connectivity index is 1.88. The highest BCUT2D eigenvalue weighted by atomic mass is 16.5. The maximum absolute atomic E-state index is 5.68. The molecule has 0 saturated carbocycles. The van der Waals surface area contributed by atoms with E-state index in [9.17, 15) is 0 Å². The number of methoxy groups -OCH3 is 1. The van der Waals surface area contributed by atoms with Crippen molar-refractivity contribution in [1.82, 2.24) is 5.32 Å². The first-order valence-corrected chi connectivity index (χ1v) is 5.48. The van der Waals surface area contributed by atoms with Crippen LogP contribution in [0.1, 0.15) is 0 Å². The van der Waals surface area contributed by atoms with Gasteiger partial charge in [0.25, 0.3) is 0 Å². The minimum absolute atomic E-state index is 0.124. The average Bonchev–Trinajstić information content (AvgIpc) is 2.38. The summed E-state index contributed by atoms with van der Waals surface area (Å²) in [4.78, 5) is 0. The zero-order valence-corrected chi connectivity index (χ0v) is 9.44. The van der Waals surface area contributed by atoms with E-state index in [2.05, 4.69) is 5.32 Å². The number of morpholine rings is 1. The van der Waals surface area contributed by atoms with Crippen LogP contribution in [0.15, 0.2) is 24.3 Å². The van der Waals surface area contributed by atoms with E-state index in [0.717, 1.165) is 31.2 Å². The largest absolute Gasteiger partial charge is 0.493 e. The normalized spacial score (nSPS) is 20.4. The molecule has 0 radical (unpaired) electrons. The highest BCUT2D eigenvalue weighted by molar-refractivity contribution is 5.39. The van der Waals surface area contributed by atoms with Gasteiger partial charge in [0.05, 0.1) is 13.7 Å². The molecule has 4 heteroatoms. The van der Waals surface area contributed by atoms with Crippen LogP contribution in [0, 0.1) is 0 Å². The lowest BCUT2D eigenvalue weighted by Crippen LogP contribution is -2.41. The van der Waals surface area contributed by atoms with Crippen LogP contribution in [0.5, 0.6) is 11.5 Å². The number of hydrogen-bond acceptors (Lipinski definition) is 4. The van der Waals surface area contributed by atoms with Crippen molar-refractivity contribution in [3.05, 3.63) is 24.3 Å². The third-order valence-electron chi connectivity index (χ3n) is 2.50. The Kier molecular flexibility index (Phi) is 4.02. The van der Waals surface area contributed by atoms with Crippen molar-refractivity contribution in [2.24, 2.45) is 0 Å². The van der Waals surface area contributed by atoms with Gasteiger partial charge in [0.2, 0.25) is 0 Å². The fraction of sp³-hybridized carbons (Fsp3) is 0.500. The third-order valence-corrected chi connectivity index (χ3v) is 2.50. The van der Waals surface area contributed by atoms with Crippen LogP contribution in [-0.4, -0.2) is 39.5 Å². The number of rotatable bonds is 4. The molecule has 0 bridgehead atoms. The highest BCUT2D eigenvalue weighted by Crippen LogP contribution is 2.25. The zero-order valence-electron chi connectivity index (χ0n) is 9.44. The molecule has 1 unspecified atom stereocenters. The van der Waals surface area contributed by atoms with Crippen LogP contribution in [0.4, 0.5) is 0 Å². The molecular formula is C12H17NO3. The predicted octanol–water partition coefficient (Wildman–Crippen LogP) is 1.06. The predicted molar refractivity (Wildman–Crippen MR) is 61.1 cm³/mol. The van der Waals surface area contributed by atoms with Crippen molar-refractivity contribution in [1.29, 1.82) is 0 Å². The molecule has 1 aliphatic rings. The summed E-state index contributed by atoms with van der Waals surface area (Å²) >= 11 is 0. The van der Waals surface area contributed by atoms with Gasteiger partial charge >= 0.3 is 0 Å². The summed E-state index contributed by atoms with van der Waals surface area (Å²) in [6.07, 6.45) is 0.124. The molecule has 1 heterocycles. The van der Waals surface area contributed by atoms with E-state index in [1.165, 1.54) is 0 Å². The highest BCUT2D eigenvalue weighted by Gasteiger charge is 2.14. The molecule has 0 aromatic heterocycles. The molecule has 1 atom stereocenters. The smallest absolute Gasteiger partial charge is 0.161 e. The third kappa shape index (κ3) is 2.87. The number of hydrogen-bond donors (Lipinski definition) is 1. The first kappa shape index (κ1) is 11.2. The Morgan fingerprint density at radius 3 is 2.88 bits per heavy atom. The Bertz CT molecular complexity index is 324. The lowest BCUT2D eigenvalue weighted by Gasteiger charge is -2.23. The Labute approximate surface area is 95.5 Å². The van der Waals surface area contributed by atoms with Crippen LogP contribution < -0.4 is 14.8 Å². The quantitative estimate of drug-likeness (QED) is 0.828. The van der Waals surface area contributed by atoms with Gasteiger partial charge in [-0.2, -0.15) is 0 Å². The van der Waals surface area contributed by atoms with Crippen molar-refractivity contribution in [3.63, 3.8) is 0 Å². The van der Waals surface area contributed by atoms with Crippen LogP contribution in [0.3, 0.4) is 0 Å². The average molecular weight is 223 g/mol. The van der Waals surface area contributed by atoms with Gasteiger partial charge < -0.3 is 19.5 Å². The lowest BCUT2D eigenvalue weighted by molar-refractivity contribution is -0.000263. The van der Waals surface area contributed by atoms with Crippen molar-refractivity contribution in [2.45, 2.75) is 6.10 Å². The molecule has 0 spiro atoms. The molecule has 1 N–H and O–H groups in total. The summed E-state index contributed by atoms with van der Waals surface area (Å²) in [6, 6.07) is 7.63. The maximum atomic E-state index is 5.68. The molecule has 0 aliphatic carbocycles. The molecule has 16 heavy (non-hydrogen) atoms. The summed E-state index contributed by atoms with van der Waals surface area (Å²) in [7, 11) is 1.64. The maximum Gasteiger partial charge on any atom is 0.161 e. The molecule has 1 aliphatic heterocycles. The summed E-state index contributed by atoms with van der Waals surface area (Å²) in [5, 5.41) is 3.26. The zero-order chi connectivity index (χ0) is 11.2. The molecule has 1 aromatic carbocycles. The van der Waals surface area contributed by atoms with E-state index in [4.69, 9.17) is 14.2 Å². The van der Waals surface area contributed by atoms with Gasteiger partial charge in [-0.25, -0.2) is 0 Å². The topological polar surface area (TPSA) is 39.7 Å². The monoisotopic (exact) mass is 223 g/mol. The van der Waals surface area contributed by atoms with Gasteiger partial charge in [0.15, 0.2) is 11.5 Å². The van der Waals surface area contributed by atoms with Crippen molar-refractivity contribution < 1.29 is 14.2 Å². The molecule has 2 rings (SSSR count). The fourth-order valence-corrected chi connectivity index (χ4v) is 1.65. The number of benzene rings is 1. The molecule has 4 nitrogen and oxygen atoms in total. The summed E-state index contributed by atoms with van der Waals surface area (Å²) in [6.45, 7) is 3.06. The van der Waals surface area contributed by atoms with Gasteiger partial charge in [0, 0.05) is 13.1 Å². The van der Waals surface area contributed by atoms with Gasteiger partial charge in [-0.15, -0.1) is 0 Å². The lowest BCUT2D eigenvalue weighted by atomic mass is 10.3. The molecule has 0 amide bonds. The molecule has 1 fully saturated rings. The minimum atomic E-state index is 0.124. The molecule has 1 aromatic rings. The SMILES string of the molecule is COc1ccccc1OCC1CNCCO1. The van der Waals surface area contributed by atoms with Gasteiger partial charge in [-0.05, 0) is 12.1 Å². The van der Waals surface area contributed by atoms with E-state index in [1.807, 2.05) is 24.3 Å². The number of ether oxygens (including phenoxy) is 3. The second kappa shape index (κ2) is 5.72. The second-order valence-electron chi connectivity index (χ2n) is 3.66. The number of para-hydroxylation sites is 2. The Morgan fingerprint density at radius 1 is 1.38 bits per heavy atom. The van der Waals surface area contributed by atoms with Gasteiger partial charge in [-0.1, -0.05) is 12.1 Å². The fourth-order valence-electron chi connectivity index (χ4n) is 1.65. The van der Waals surface area contributed by atoms with Crippen molar-refractivity contribution >= 4 is 0 Å². The van der Waals surface area contributed by atoms with Crippen LogP contribution in [0.25, 0.3) is 0 Å². The Hall–Kier alpha value is -1.26. The van der Waals surface area contributed by atoms with E-state index >= 15 is 0 Å². The van der Waals surface area contributed by atoms with Crippen LogP contribution in [0.2, 0.25) is 0 Å². The van der Waals surface area contributed by atoms with E-state index in [1.54, 1.807) is 7.11 Å². The summed E-state index contributed by atoms with van der Waals surface area (Å²) in [5.74, 6) is 1.52. The summed E-state index contributed by atoms with van der Waals surface area (Å²) in [5.41, 5.74) is 0. The summed E-state index contributed by atoms with van der Waals surface area (Å²) < 4.78 is 16.4. The molecular weight excluding hydrogens is 206 g/mol. The number of nitrogens with one attached hydrogen (secondary N) is 1. The Morgan fingerprint density at radius 2 is 2.19 bits per heavy atom. The minimum Gasteiger partial charge on any atom is -0.493 e. The van der Waals surface area contributed by atoms with E-state index < -0.39 is 0 Å².